The van der Waals surface area contributed by atoms with Crippen molar-refractivity contribution in [2.24, 2.45) is 0 Å². The second-order valence-electron chi connectivity index (χ2n) is 5.30. The number of rotatable bonds is 4. The summed E-state index contributed by atoms with van der Waals surface area (Å²) in [5.41, 5.74) is 1.08. The van der Waals surface area contributed by atoms with E-state index in [9.17, 15) is 8.78 Å². The third-order valence-corrected chi connectivity index (χ3v) is 4.53. The molecule has 4 aromatic rings. The highest BCUT2D eigenvalue weighted by Crippen LogP contribution is 2.29. The second-order valence-corrected chi connectivity index (χ2v) is 6.44. The summed E-state index contributed by atoms with van der Waals surface area (Å²) in [6.07, 6.45) is 5.05. The number of aromatic nitrogens is 3. The Morgan fingerprint density at radius 1 is 0.920 bits per heavy atom. The van der Waals surface area contributed by atoms with Crippen molar-refractivity contribution in [2.75, 3.05) is 5.32 Å². The van der Waals surface area contributed by atoms with Crippen LogP contribution in [0, 0.1) is 11.6 Å². The maximum absolute atomic E-state index is 13.5. The Bertz CT molecular complexity index is 1020. The first-order valence-electron chi connectivity index (χ1n) is 7.47. The quantitative estimate of drug-likeness (QED) is 0.533. The molecule has 4 nitrogen and oxygen atoms in total. The number of fused-ring (bicyclic) bond motifs is 1. The van der Waals surface area contributed by atoms with Crippen LogP contribution in [0.5, 0.6) is 0 Å². The van der Waals surface area contributed by atoms with Gasteiger partial charge in [0.25, 0.3) is 0 Å². The van der Waals surface area contributed by atoms with Crippen molar-refractivity contribution in [2.45, 2.75) is 9.79 Å². The first-order valence-corrected chi connectivity index (χ1v) is 8.29. The minimum absolute atomic E-state index is 0.378. The van der Waals surface area contributed by atoms with Crippen LogP contribution in [0.25, 0.3) is 10.9 Å². The zero-order valence-electron chi connectivity index (χ0n) is 12.8. The van der Waals surface area contributed by atoms with Crippen molar-refractivity contribution in [3.8, 4) is 0 Å². The van der Waals surface area contributed by atoms with Crippen LogP contribution in [0.2, 0.25) is 0 Å². The monoisotopic (exact) mass is 354 g/mol. The Kier molecular flexibility index (Phi) is 4.07. The van der Waals surface area contributed by atoms with Gasteiger partial charge >= 0.3 is 0 Å². The summed E-state index contributed by atoms with van der Waals surface area (Å²) in [6, 6.07) is 12.2. The largest absolute Gasteiger partial charge is 0.359 e. The van der Waals surface area contributed by atoms with Crippen LogP contribution in [0.1, 0.15) is 0 Å². The molecule has 0 aliphatic rings. The van der Waals surface area contributed by atoms with Crippen LogP contribution in [0.4, 0.5) is 20.4 Å². The number of hydrogen-bond donors (Lipinski definition) is 2. The smallest absolute Gasteiger partial charge is 0.227 e. The van der Waals surface area contributed by atoms with Gasteiger partial charge in [-0.05, 0) is 18.2 Å². The van der Waals surface area contributed by atoms with E-state index in [0.29, 0.717) is 22.5 Å². The summed E-state index contributed by atoms with van der Waals surface area (Å²) < 4.78 is 26.7. The Morgan fingerprint density at radius 2 is 1.64 bits per heavy atom. The molecule has 0 fully saturated rings. The number of H-pyrrole nitrogens is 1. The predicted octanol–water partition coefficient (Wildman–Crippen LogP) is 5.13. The summed E-state index contributed by atoms with van der Waals surface area (Å²) in [7, 11) is 0. The molecule has 4 rings (SSSR count). The van der Waals surface area contributed by atoms with Crippen LogP contribution in [0.3, 0.4) is 0 Å². The van der Waals surface area contributed by atoms with Crippen LogP contribution < -0.4 is 5.32 Å². The average molecular weight is 354 g/mol. The standard InChI is InChI=1S/C18H12F2N4S/c19-14-6-13-16(7-15(14)20)21-10-17(13)24-18-22-8-12(9-23-18)25-11-4-2-1-3-5-11/h1-10,21H,(H,22,23,24). The molecule has 0 saturated heterocycles. The summed E-state index contributed by atoms with van der Waals surface area (Å²) >= 11 is 1.56. The molecule has 0 aliphatic heterocycles. The highest BCUT2D eigenvalue weighted by atomic mass is 32.2. The third-order valence-electron chi connectivity index (χ3n) is 3.58. The Balaban J connectivity index is 1.54. The molecular formula is C18H12F2N4S. The van der Waals surface area contributed by atoms with Gasteiger partial charge in [-0.1, -0.05) is 30.0 Å². The van der Waals surface area contributed by atoms with Gasteiger partial charge in [0.15, 0.2) is 11.6 Å². The molecule has 0 amide bonds. The number of hydrogen-bond acceptors (Lipinski definition) is 4. The van der Waals surface area contributed by atoms with Gasteiger partial charge in [0.1, 0.15) is 0 Å². The first-order chi connectivity index (χ1) is 12.2. The fourth-order valence-electron chi connectivity index (χ4n) is 2.40. The Labute approximate surface area is 146 Å². The molecular weight excluding hydrogens is 342 g/mol. The Morgan fingerprint density at radius 3 is 2.40 bits per heavy atom. The van der Waals surface area contributed by atoms with E-state index in [1.165, 1.54) is 0 Å². The van der Waals surface area contributed by atoms with Crippen molar-refractivity contribution in [1.29, 1.82) is 0 Å². The van der Waals surface area contributed by atoms with E-state index < -0.39 is 11.6 Å². The van der Waals surface area contributed by atoms with Crippen molar-refractivity contribution in [1.82, 2.24) is 15.0 Å². The highest BCUT2D eigenvalue weighted by Gasteiger charge is 2.10. The van der Waals surface area contributed by atoms with E-state index in [4.69, 9.17) is 0 Å². The van der Waals surface area contributed by atoms with E-state index in [1.54, 1.807) is 30.4 Å². The molecule has 0 bridgehead atoms. The molecule has 2 aromatic heterocycles. The molecule has 124 valence electrons. The summed E-state index contributed by atoms with van der Waals surface area (Å²) in [5.74, 6) is -1.41. The maximum atomic E-state index is 13.5. The van der Waals surface area contributed by atoms with Crippen molar-refractivity contribution >= 4 is 34.3 Å². The molecule has 0 saturated carbocycles. The molecule has 0 atom stereocenters. The molecule has 2 N–H and O–H groups in total. The van der Waals surface area contributed by atoms with Crippen LogP contribution in [0.15, 0.2) is 70.8 Å². The van der Waals surface area contributed by atoms with Crippen LogP contribution in [-0.4, -0.2) is 15.0 Å². The number of aromatic amines is 1. The molecule has 0 radical (unpaired) electrons. The second kappa shape index (κ2) is 6.52. The minimum Gasteiger partial charge on any atom is -0.359 e. The number of halogens is 2. The van der Waals surface area contributed by atoms with Gasteiger partial charge in [0.2, 0.25) is 5.95 Å². The van der Waals surface area contributed by atoms with Gasteiger partial charge in [-0.3, -0.25) is 0 Å². The van der Waals surface area contributed by atoms with E-state index in [0.717, 1.165) is 21.9 Å². The molecule has 25 heavy (non-hydrogen) atoms. The lowest BCUT2D eigenvalue weighted by molar-refractivity contribution is 0.511. The molecule has 2 heterocycles. The SMILES string of the molecule is Fc1cc2[nH]cc(Nc3ncc(Sc4ccccc4)cn3)c2cc1F. The zero-order valence-corrected chi connectivity index (χ0v) is 13.6. The summed E-state index contributed by atoms with van der Waals surface area (Å²) in [4.78, 5) is 13.4. The van der Waals surface area contributed by atoms with Gasteiger partial charge in [0.05, 0.1) is 11.2 Å². The molecule has 0 aliphatic carbocycles. The number of nitrogens with zero attached hydrogens (tertiary/aromatic N) is 2. The van der Waals surface area contributed by atoms with E-state index in [-0.39, 0.29) is 0 Å². The van der Waals surface area contributed by atoms with Gasteiger partial charge in [-0.2, -0.15) is 0 Å². The zero-order chi connectivity index (χ0) is 17.2. The van der Waals surface area contributed by atoms with Gasteiger partial charge in [-0.25, -0.2) is 18.7 Å². The third kappa shape index (κ3) is 3.32. The van der Waals surface area contributed by atoms with Crippen LogP contribution >= 0.6 is 11.8 Å². The summed E-state index contributed by atoms with van der Waals surface area (Å²) in [6.45, 7) is 0. The van der Waals surface area contributed by atoms with E-state index in [2.05, 4.69) is 20.3 Å². The van der Waals surface area contributed by atoms with Crippen molar-refractivity contribution < 1.29 is 8.78 Å². The lowest BCUT2D eigenvalue weighted by Gasteiger charge is -2.05. The number of anilines is 2. The van der Waals surface area contributed by atoms with Gasteiger partial charge < -0.3 is 10.3 Å². The van der Waals surface area contributed by atoms with E-state index in [1.807, 2.05) is 30.3 Å². The number of nitrogens with one attached hydrogen (secondary N) is 2. The van der Waals surface area contributed by atoms with E-state index >= 15 is 0 Å². The molecule has 0 unspecified atom stereocenters. The van der Waals surface area contributed by atoms with Crippen molar-refractivity contribution in [3.05, 3.63) is 72.7 Å². The van der Waals surface area contributed by atoms with Crippen molar-refractivity contribution in [3.63, 3.8) is 0 Å². The lowest BCUT2D eigenvalue weighted by atomic mass is 10.2. The Hall–Kier alpha value is -2.93. The average Bonchev–Trinajstić information content (AvgIpc) is 3.00. The lowest BCUT2D eigenvalue weighted by Crippen LogP contribution is -1.96. The predicted molar refractivity (Wildman–Crippen MR) is 94.1 cm³/mol. The topological polar surface area (TPSA) is 53.6 Å². The molecule has 0 spiro atoms. The minimum atomic E-state index is -0.898. The van der Waals surface area contributed by atoms with Gasteiger partial charge in [0, 0.05) is 39.8 Å². The highest BCUT2D eigenvalue weighted by molar-refractivity contribution is 7.99. The first kappa shape index (κ1) is 15.6. The van der Waals surface area contributed by atoms with Crippen LogP contribution in [-0.2, 0) is 0 Å². The number of benzene rings is 2. The normalized spacial score (nSPS) is 11.0. The maximum Gasteiger partial charge on any atom is 0.227 e. The fraction of sp³-hybridized carbons (Fsp3) is 0. The summed E-state index contributed by atoms with van der Waals surface area (Å²) in [5, 5.41) is 3.55. The molecule has 2 aromatic carbocycles. The fourth-order valence-corrected chi connectivity index (χ4v) is 3.17. The molecule has 7 heteroatoms. The van der Waals surface area contributed by atoms with Gasteiger partial charge in [-0.15, -0.1) is 0 Å².